The molecule has 2 fully saturated rings. The zero-order valence-electron chi connectivity index (χ0n) is 13.7. The van der Waals surface area contributed by atoms with Crippen molar-refractivity contribution < 1.29 is 23.2 Å². The summed E-state index contributed by atoms with van der Waals surface area (Å²) in [6.45, 7) is 4.97. The Morgan fingerprint density at radius 3 is 2.75 bits per heavy atom. The fraction of sp³-hybridized carbons (Fsp3) is 0.562. The van der Waals surface area contributed by atoms with E-state index in [9.17, 15) is 14.4 Å². The molecule has 0 saturated carbocycles. The zero-order chi connectivity index (χ0) is 17.3. The molecule has 1 aromatic heterocycles. The van der Waals surface area contributed by atoms with Gasteiger partial charge in [-0.05, 0) is 26.7 Å². The molecule has 2 aliphatic rings. The molecule has 2 amide bonds. The van der Waals surface area contributed by atoms with Crippen molar-refractivity contribution in [2.24, 2.45) is 0 Å². The van der Waals surface area contributed by atoms with Crippen molar-refractivity contribution in [3.63, 3.8) is 0 Å². The summed E-state index contributed by atoms with van der Waals surface area (Å²) < 4.78 is 14.7. The maximum atomic E-state index is 12.2. The molecule has 3 heterocycles. The van der Waals surface area contributed by atoms with Crippen molar-refractivity contribution in [2.45, 2.75) is 39.3 Å². The van der Waals surface area contributed by atoms with Gasteiger partial charge in [0.1, 0.15) is 0 Å². The molecule has 130 valence electrons. The fourth-order valence-corrected chi connectivity index (χ4v) is 3.14. The summed E-state index contributed by atoms with van der Waals surface area (Å²) in [5.74, 6) is -0.245. The normalized spacial score (nSPS) is 22.7. The first-order valence-electron chi connectivity index (χ1n) is 7.97. The van der Waals surface area contributed by atoms with Crippen LogP contribution in [0.4, 0.5) is 4.79 Å². The fourth-order valence-electron chi connectivity index (χ4n) is 3.14. The Morgan fingerprint density at radius 2 is 2.12 bits per heavy atom. The van der Waals surface area contributed by atoms with Gasteiger partial charge in [-0.25, -0.2) is 9.59 Å². The third kappa shape index (κ3) is 3.08. The van der Waals surface area contributed by atoms with Crippen LogP contribution in [0.25, 0.3) is 0 Å². The van der Waals surface area contributed by atoms with Crippen molar-refractivity contribution in [3.8, 4) is 0 Å². The molecule has 8 nitrogen and oxygen atoms in total. The van der Waals surface area contributed by atoms with Crippen LogP contribution in [0.5, 0.6) is 0 Å². The molecule has 3 rings (SSSR count). The Hall–Kier alpha value is -2.51. The average molecular weight is 336 g/mol. The lowest BCUT2D eigenvalue weighted by Gasteiger charge is -2.23. The number of amides is 2. The van der Waals surface area contributed by atoms with E-state index in [2.05, 4.69) is 0 Å². The number of aryl methyl sites for hydroxylation is 1. The first-order valence-corrected chi connectivity index (χ1v) is 7.97. The highest BCUT2D eigenvalue weighted by Gasteiger charge is 2.37. The highest BCUT2D eigenvalue weighted by Crippen LogP contribution is 2.25. The van der Waals surface area contributed by atoms with Crippen LogP contribution >= 0.6 is 0 Å². The third-order valence-electron chi connectivity index (χ3n) is 4.53. The SMILES string of the molecule is C/C=C1\CCN([C@@H]2CCN(C(=O)OCc3oc(=O)oc3C)C2)C1=O. The third-order valence-corrected chi connectivity index (χ3v) is 4.53. The standard InChI is InChI=1S/C16H20N2O6/c1-3-11-4-7-18(14(11)19)12-5-6-17(8-12)15(20)22-9-13-10(2)23-16(21)24-13/h3,12H,4-9H2,1-2H3/b11-3+/t12-/m1/s1. The summed E-state index contributed by atoms with van der Waals surface area (Å²) >= 11 is 0. The maximum absolute atomic E-state index is 12.2. The van der Waals surface area contributed by atoms with Gasteiger partial charge in [-0.15, -0.1) is 0 Å². The predicted molar refractivity (Wildman–Crippen MR) is 82.2 cm³/mol. The molecule has 0 bridgehead atoms. The van der Waals surface area contributed by atoms with Gasteiger partial charge in [0.2, 0.25) is 5.91 Å². The molecule has 0 aliphatic carbocycles. The largest absolute Gasteiger partial charge is 0.519 e. The number of likely N-dealkylation sites (tertiary alicyclic amines) is 2. The van der Waals surface area contributed by atoms with E-state index in [-0.39, 0.29) is 24.3 Å². The lowest BCUT2D eigenvalue weighted by atomic mass is 10.2. The first kappa shape index (κ1) is 16.4. The molecule has 0 spiro atoms. The van der Waals surface area contributed by atoms with E-state index < -0.39 is 11.9 Å². The summed E-state index contributed by atoms with van der Waals surface area (Å²) in [5, 5.41) is 0. The highest BCUT2D eigenvalue weighted by atomic mass is 16.6. The molecular weight excluding hydrogens is 316 g/mol. The molecule has 24 heavy (non-hydrogen) atoms. The van der Waals surface area contributed by atoms with Crippen molar-refractivity contribution in [2.75, 3.05) is 19.6 Å². The molecule has 2 saturated heterocycles. The Kier molecular flexibility index (Phi) is 4.46. The summed E-state index contributed by atoms with van der Waals surface area (Å²) in [7, 11) is 0. The topological polar surface area (TPSA) is 93.2 Å². The van der Waals surface area contributed by atoms with E-state index >= 15 is 0 Å². The minimum Gasteiger partial charge on any atom is -0.441 e. The number of carbonyl (C=O) groups excluding carboxylic acids is 2. The van der Waals surface area contributed by atoms with Gasteiger partial charge in [-0.2, -0.15) is 0 Å². The Morgan fingerprint density at radius 1 is 1.33 bits per heavy atom. The monoisotopic (exact) mass is 336 g/mol. The Labute approximate surface area is 138 Å². The second kappa shape index (κ2) is 6.54. The number of rotatable bonds is 3. The number of hydrogen-bond donors (Lipinski definition) is 0. The zero-order valence-corrected chi connectivity index (χ0v) is 13.7. The molecule has 1 aromatic rings. The van der Waals surface area contributed by atoms with E-state index in [1.165, 1.54) is 0 Å². The molecule has 0 unspecified atom stereocenters. The van der Waals surface area contributed by atoms with Gasteiger partial charge in [0, 0.05) is 25.2 Å². The van der Waals surface area contributed by atoms with Gasteiger partial charge < -0.3 is 23.4 Å². The summed E-state index contributed by atoms with van der Waals surface area (Å²) in [6.07, 6.45) is 2.86. The van der Waals surface area contributed by atoms with Gasteiger partial charge in [0.05, 0.1) is 6.04 Å². The molecule has 8 heteroatoms. The van der Waals surface area contributed by atoms with Crippen LogP contribution in [0.1, 0.15) is 31.3 Å². The van der Waals surface area contributed by atoms with Crippen molar-refractivity contribution >= 4 is 12.0 Å². The number of ether oxygens (including phenoxy) is 1. The Bertz CT molecular complexity index is 731. The minimum atomic E-state index is -0.813. The van der Waals surface area contributed by atoms with Crippen LogP contribution in [-0.2, 0) is 16.1 Å². The van der Waals surface area contributed by atoms with E-state index in [0.29, 0.717) is 25.4 Å². The summed E-state index contributed by atoms with van der Waals surface area (Å²) in [6, 6.07) is 0.0242. The average Bonchev–Trinajstić information content (AvgIpc) is 3.24. The number of hydrogen-bond acceptors (Lipinski definition) is 6. The molecular formula is C16H20N2O6. The van der Waals surface area contributed by atoms with Crippen LogP contribution in [0.3, 0.4) is 0 Å². The van der Waals surface area contributed by atoms with E-state index in [1.54, 1.807) is 11.8 Å². The molecule has 0 radical (unpaired) electrons. The minimum absolute atomic E-state index is 0.0242. The van der Waals surface area contributed by atoms with E-state index in [4.69, 9.17) is 13.6 Å². The molecule has 2 aliphatic heterocycles. The van der Waals surface area contributed by atoms with Crippen LogP contribution in [0, 0.1) is 6.92 Å². The quantitative estimate of drug-likeness (QED) is 0.775. The van der Waals surface area contributed by atoms with Gasteiger partial charge in [-0.1, -0.05) is 6.08 Å². The van der Waals surface area contributed by atoms with E-state index in [1.807, 2.05) is 17.9 Å². The molecule has 0 aromatic carbocycles. The molecule has 0 N–H and O–H groups in total. The van der Waals surface area contributed by atoms with Crippen LogP contribution < -0.4 is 5.82 Å². The van der Waals surface area contributed by atoms with Crippen molar-refractivity contribution in [1.29, 1.82) is 0 Å². The first-order chi connectivity index (χ1) is 11.5. The smallest absolute Gasteiger partial charge is 0.441 e. The summed E-state index contributed by atoms with van der Waals surface area (Å²) in [5.41, 5.74) is 0.835. The number of allylic oxidation sites excluding steroid dienone is 1. The van der Waals surface area contributed by atoms with Crippen LogP contribution in [-0.4, -0.2) is 47.5 Å². The predicted octanol–water partition coefficient (Wildman–Crippen LogP) is 1.43. The van der Waals surface area contributed by atoms with E-state index in [0.717, 1.165) is 18.4 Å². The van der Waals surface area contributed by atoms with Crippen LogP contribution in [0.15, 0.2) is 25.3 Å². The lowest BCUT2D eigenvalue weighted by Crippen LogP contribution is -2.39. The van der Waals surface area contributed by atoms with Crippen LogP contribution in [0.2, 0.25) is 0 Å². The maximum Gasteiger partial charge on any atom is 0.519 e. The second-order valence-corrected chi connectivity index (χ2v) is 5.94. The lowest BCUT2D eigenvalue weighted by molar-refractivity contribution is -0.126. The Balaban J connectivity index is 1.54. The van der Waals surface area contributed by atoms with Gasteiger partial charge in [0.25, 0.3) is 0 Å². The number of carbonyl (C=O) groups is 2. The second-order valence-electron chi connectivity index (χ2n) is 5.94. The molecule has 1 atom stereocenters. The van der Waals surface area contributed by atoms with Gasteiger partial charge in [0.15, 0.2) is 18.1 Å². The highest BCUT2D eigenvalue weighted by molar-refractivity contribution is 5.95. The number of nitrogens with zero attached hydrogens (tertiary/aromatic N) is 2. The van der Waals surface area contributed by atoms with Crippen molar-refractivity contribution in [3.05, 3.63) is 33.8 Å². The van der Waals surface area contributed by atoms with Crippen molar-refractivity contribution in [1.82, 2.24) is 9.80 Å². The summed E-state index contributed by atoms with van der Waals surface area (Å²) in [4.78, 5) is 38.7. The van der Waals surface area contributed by atoms with Gasteiger partial charge in [-0.3, -0.25) is 4.79 Å². The van der Waals surface area contributed by atoms with Gasteiger partial charge >= 0.3 is 11.9 Å².